The van der Waals surface area contributed by atoms with Crippen LogP contribution in [0.4, 0.5) is 14.4 Å². The Bertz CT molecular complexity index is 910. The van der Waals surface area contributed by atoms with Crippen LogP contribution >= 0.6 is 0 Å². The first-order chi connectivity index (χ1) is 23.0. The van der Waals surface area contributed by atoms with Crippen LogP contribution < -0.4 is 16.8 Å². The molecule has 0 heterocycles. The maximum Gasteiger partial charge on any atom is 0.519 e. The molecule has 304 valence electrons. The quantitative estimate of drug-likeness (QED) is 0.145. The molecule has 0 bridgehead atoms. The number of carbonyl (C=O) groups is 3. The summed E-state index contributed by atoms with van der Waals surface area (Å²) in [5, 5.41) is 3.40. The smallest absolute Gasteiger partial charge is 0.444 e. The fourth-order valence-corrected chi connectivity index (χ4v) is 6.52. The summed E-state index contributed by atoms with van der Waals surface area (Å²) in [5.74, 6) is 1.60. The number of nitrogens with two attached hydrogens (primary N) is 2. The summed E-state index contributed by atoms with van der Waals surface area (Å²) in [4.78, 5) is 35.9. The molecule has 3 saturated carbocycles. The molecule has 0 unspecified atom stereocenters. The van der Waals surface area contributed by atoms with Gasteiger partial charge in [-0.25, -0.2) is 14.4 Å². The van der Waals surface area contributed by atoms with Gasteiger partial charge in [0, 0.05) is 31.2 Å². The van der Waals surface area contributed by atoms with E-state index in [0.29, 0.717) is 12.0 Å². The zero-order valence-electron chi connectivity index (χ0n) is 34.3. The Hall–Kier alpha value is -2.11. The van der Waals surface area contributed by atoms with Gasteiger partial charge in [-0.3, -0.25) is 0 Å². The molecule has 0 saturated heterocycles. The van der Waals surface area contributed by atoms with E-state index in [1.54, 1.807) is 41.5 Å². The van der Waals surface area contributed by atoms with Gasteiger partial charge in [0.25, 0.3) is 0 Å². The van der Waals surface area contributed by atoms with Crippen LogP contribution in [0.5, 0.6) is 0 Å². The molecular weight excluding hydrogens is 648 g/mol. The van der Waals surface area contributed by atoms with Crippen molar-refractivity contribution in [2.75, 3.05) is 14.1 Å². The van der Waals surface area contributed by atoms with Crippen LogP contribution in [-0.4, -0.2) is 78.4 Å². The zero-order valence-corrected chi connectivity index (χ0v) is 34.3. The van der Waals surface area contributed by atoms with Crippen molar-refractivity contribution in [1.82, 2.24) is 10.2 Å². The third kappa shape index (κ3) is 24.7. The molecule has 5 N–H and O–H groups in total. The number of rotatable bonds is 4. The second-order valence-electron chi connectivity index (χ2n) is 17.1. The van der Waals surface area contributed by atoms with Crippen molar-refractivity contribution in [2.45, 2.75) is 214 Å². The molecule has 3 aliphatic carbocycles. The number of hydrogen-bond donors (Lipinski definition) is 3. The Kier molecular flexibility index (Phi) is 25.0. The number of carbonyl (C=O) groups excluding carboxylic acids is 3. The minimum absolute atomic E-state index is 0. The molecule has 0 aliphatic heterocycles. The fraction of sp³-hybridized carbons (Fsp3) is 0.925. The van der Waals surface area contributed by atoms with E-state index in [-0.39, 0.29) is 25.6 Å². The van der Waals surface area contributed by atoms with Gasteiger partial charge in [0.2, 0.25) is 0 Å². The van der Waals surface area contributed by atoms with Crippen molar-refractivity contribution in [3.63, 3.8) is 0 Å². The number of nitrogens with zero attached hydrogens (tertiary/aromatic N) is 1. The van der Waals surface area contributed by atoms with Crippen LogP contribution in [0, 0.1) is 11.8 Å². The largest absolute Gasteiger partial charge is 0.519 e. The molecule has 6 atom stereocenters. The van der Waals surface area contributed by atoms with Crippen molar-refractivity contribution < 1.29 is 33.3 Å². The maximum absolute atomic E-state index is 12.0. The summed E-state index contributed by atoms with van der Waals surface area (Å²) in [6.07, 6.45) is 15.6. The second-order valence-corrected chi connectivity index (χ2v) is 17.1. The van der Waals surface area contributed by atoms with Gasteiger partial charge in [0.05, 0.1) is 0 Å². The summed E-state index contributed by atoms with van der Waals surface area (Å²) >= 11 is 0. The van der Waals surface area contributed by atoms with E-state index in [4.69, 9.17) is 25.7 Å². The summed E-state index contributed by atoms with van der Waals surface area (Å²) in [6, 6.07) is 1.75. The van der Waals surface area contributed by atoms with Gasteiger partial charge in [-0.2, -0.15) is 0 Å². The van der Waals surface area contributed by atoms with E-state index >= 15 is 0 Å². The lowest BCUT2D eigenvalue weighted by molar-refractivity contribution is -0.0294. The first-order valence-electron chi connectivity index (χ1n) is 19.3. The summed E-state index contributed by atoms with van der Waals surface area (Å²) in [6.45, 7) is 20.3. The van der Waals surface area contributed by atoms with E-state index in [0.717, 1.165) is 37.6 Å². The van der Waals surface area contributed by atoms with Gasteiger partial charge in [0.1, 0.15) is 16.8 Å². The number of nitrogens with one attached hydrogen (secondary N) is 1. The van der Waals surface area contributed by atoms with Crippen LogP contribution in [0.3, 0.4) is 0 Å². The molecule has 3 aliphatic rings. The topological polar surface area (TPSA) is 155 Å². The Labute approximate surface area is 313 Å². The van der Waals surface area contributed by atoms with Crippen LogP contribution in [0.2, 0.25) is 0 Å². The van der Waals surface area contributed by atoms with Crippen LogP contribution in [0.25, 0.3) is 0 Å². The van der Waals surface area contributed by atoms with E-state index in [9.17, 15) is 14.4 Å². The Balaban J connectivity index is 0. The highest BCUT2D eigenvalue weighted by Gasteiger charge is 2.32. The Morgan fingerprint density at radius 1 is 0.627 bits per heavy atom. The third-order valence-corrected chi connectivity index (χ3v) is 9.20. The molecule has 1 amide bonds. The monoisotopic (exact) mass is 731 g/mol. The van der Waals surface area contributed by atoms with Gasteiger partial charge in [0.15, 0.2) is 0 Å². The lowest BCUT2D eigenvalue weighted by atomic mass is 9.82. The van der Waals surface area contributed by atoms with Crippen LogP contribution in [0.15, 0.2) is 0 Å². The summed E-state index contributed by atoms with van der Waals surface area (Å²) in [5.41, 5.74) is 9.51. The SMILES string of the molecule is C.CC(C)(C)OC(=O)OC(=O)OC(C)(C)C.CC[C@@H]1CCCC[C@@H]1N(C)C(=O)OC(C)(C)C.CC[C@@H]1CCCC[C@@H]1NC.N[C@@H]1CCCC[C@@H]1N. The highest BCUT2D eigenvalue weighted by molar-refractivity contribution is 5.77. The van der Waals surface area contributed by atoms with Gasteiger partial charge in [-0.05, 0) is 120 Å². The summed E-state index contributed by atoms with van der Waals surface area (Å²) < 4.78 is 19.2. The lowest BCUT2D eigenvalue weighted by Crippen LogP contribution is -2.45. The predicted molar refractivity (Wildman–Crippen MR) is 210 cm³/mol. The van der Waals surface area contributed by atoms with Crippen molar-refractivity contribution in [3.8, 4) is 0 Å². The summed E-state index contributed by atoms with van der Waals surface area (Å²) in [7, 11) is 3.98. The molecule has 3 fully saturated rings. The molecule has 0 aromatic rings. The minimum Gasteiger partial charge on any atom is -0.444 e. The zero-order chi connectivity index (χ0) is 38.7. The molecule has 0 radical (unpaired) electrons. The Morgan fingerprint density at radius 2 is 1.00 bits per heavy atom. The fourth-order valence-electron chi connectivity index (χ4n) is 6.52. The van der Waals surface area contributed by atoms with Crippen LogP contribution in [-0.2, 0) is 18.9 Å². The first-order valence-corrected chi connectivity index (χ1v) is 19.3. The number of hydrogen-bond acceptors (Lipinski definition) is 10. The van der Waals surface area contributed by atoms with Gasteiger partial charge >= 0.3 is 18.4 Å². The van der Waals surface area contributed by atoms with E-state index in [2.05, 4.69) is 30.9 Å². The van der Waals surface area contributed by atoms with E-state index in [1.807, 2.05) is 32.7 Å². The minimum atomic E-state index is -1.06. The molecular formula is C40H82N4O7. The molecule has 0 aromatic carbocycles. The number of amides is 1. The number of ether oxygens (including phenoxy) is 4. The van der Waals surface area contributed by atoms with Crippen LogP contribution in [0.1, 0.15) is 173 Å². The average Bonchev–Trinajstić information content (AvgIpc) is 3.00. The Morgan fingerprint density at radius 3 is 1.35 bits per heavy atom. The molecule has 0 aromatic heterocycles. The van der Waals surface area contributed by atoms with Gasteiger partial charge in [-0.1, -0.05) is 72.6 Å². The average molecular weight is 731 g/mol. The van der Waals surface area contributed by atoms with Crippen molar-refractivity contribution in [1.29, 1.82) is 0 Å². The second kappa shape index (κ2) is 25.0. The van der Waals surface area contributed by atoms with Crippen molar-refractivity contribution in [2.24, 2.45) is 23.3 Å². The third-order valence-electron chi connectivity index (χ3n) is 9.20. The van der Waals surface area contributed by atoms with E-state index in [1.165, 1.54) is 64.2 Å². The normalized spacial score (nSPS) is 24.9. The first kappa shape index (κ1) is 51.0. The molecule has 51 heavy (non-hydrogen) atoms. The molecule has 3 rings (SSSR count). The highest BCUT2D eigenvalue weighted by Crippen LogP contribution is 2.31. The molecule has 0 spiro atoms. The van der Waals surface area contributed by atoms with Gasteiger partial charge in [-0.15, -0.1) is 0 Å². The predicted octanol–water partition coefficient (Wildman–Crippen LogP) is 9.72. The molecule has 11 nitrogen and oxygen atoms in total. The van der Waals surface area contributed by atoms with Crippen molar-refractivity contribution in [3.05, 3.63) is 0 Å². The highest BCUT2D eigenvalue weighted by atomic mass is 16.8. The lowest BCUT2D eigenvalue weighted by Gasteiger charge is -2.38. The standard InChI is InChI=1S/C14H27NO2.C10H18O5.C9H19N.C6H14N2.CH4/c1-6-11-9-7-8-10-12(11)15(5)13(16)17-14(2,3)4;1-9(2,3)14-7(11)13-8(12)15-10(4,5)6;1-3-8-6-4-5-7-9(8)10-2;7-5-3-1-2-4-6(5)8;/h11-12H,6-10H2,1-5H3;1-6H3;8-10H,3-7H2,1-2H3;5-6H,1-4,7-8H2;1H4/t11-,12+;;8-,9+;5-,6+;/m1.1../s1. The maximum atomic E-state index is 12.0. The van der Waals surface area contributed by atoms with Crippen molar-refractivity contribution >= 4 is 18.4 Å². The molecule has 11 heteroatoms. The van der Waals surface area contributed by atoms with E-state index < -0.39 is 29.1 Å². The van der Waals surface area contributed by atoms with Gasteiger partial charge < -0.3 is 40.6 Å².